The van der Waals surface area contributed by atoms with E-state index in [0.29, 0.717) is 62.0 Å². The van der Waals surface area contributed by atoms with E-state index in [1.165, 1.54) is 13.8 Å². The van der Waals surface area contributed by atoms with Crippen LogP contribution in [-0.2, 0) is 47.2 Å². The van der Waals surface area contributed by atoms with Crippen LogP contribution in [0, 0.1) is 63.6 Å². The fraction of sp³-hybridized carbons (Fsp3) is 0.333. The first kappa shape index (κ1) is 74.1. The van der Waals surface area contributed by atoms with Gasteiger partial charge in [0.2, 0.25) is 0 Å². The SMILES string of the molecule is C1=NCCN(Cc2ccccn2)CCN=Cc2ccc(nn2)C=NCCN(Cc2ccccn2)CCN=Cc2ccc1nn2.CC#N.CC#N.[Cu+2].[Cu+2].[O-][Cl+3]([O-])([O-])[O-].[O-][Cl+3]([O-])([O-])[O-].[O-][Cl+3]([O-])([O-])[O-].[O-][Cl+3]([O-])([O-])[O-]. The summed E-state index contributed by atoms with van der Waals surface area (Å²) in [6.07, 6.45) is 10.7. The Morgan fingerprint density at radius 2 is 0.625 bits per heavy atom. The molecule has 4 aromatic heterocycles. The summed E-state index contributed by atoms with van der Waals surface area (Å²) in [4.78, 5) is 31.9. The maximum absolute atomic E-state index is 8.49. The van der Waals surface area contributed by atoms with Crippen LogP contribution in [0.1, 0.15) is 48.0 Å². The Morgan fingerprint density at radius 1 is 0.417 bits per heavy atom. The van der Waals surface area contributed by atoms with E-state index < -0.39 is 41.0 Å². The van der Waals surface area contributed by atoms with Crippen molar-refractivity contribution < 1.29 is 150 Å². The van der Waals surface area contributed by atoms with Gasteiger partial charge in [0.05, 0.1) is 49.7 Å². The van der Waals surface area contributed by atoms with E-state index in [4.69, 9.17) is 85.1 Å². The van der Waals surface area contributed by atoms with Gasteiger partial charge in [-0.05, 0) is 48.5 Å². The minimum atomic E-state index is -4.94. The summed E-state index contributed by atoms with van der Waals surface area (Å²) in [7, 11) is -19.8. The molecular weight excluding hydrogens is 1150 g/mol. The van der Waals surface area contributed by atoms with E-state index in [2.05, 4.69) is 60.1 Å². The van der Waals surface area contributed by atoms with Crippen LogP contribution in [0.25, 0.3) is 0 Å². The van der Waals surface area contributed by atoms with Crippen LogP contribution in [0.5, 0.6) is 0 Å². The Hall–Kier alpha value is -4.40. The van der Waals surface area contributed by atoms with Crippen LogP contribution in [0.2, 0.25) is 0 Å². The van der Waals surface area contributed by atoms with Crippen LogP contribution in [0.3, 0.4) is 0 Å². The van der Waals surface area contributed by atoms with Crippen molar-refractivity contribution in [3.05, 3.63) is 107 Å². The van der Waals surface area contributed by atoms with E-state index in [9.17, 15) is 0 Å². The molecule has 0 fully saturated rings. The van der Waals surface area contributed by atoms with Crippen molar-refractivity contribution >= 4 is 24.9 Å². The van der Waals surface area contributed by atoms with E-state index in [0.717, 1.165) is 37.6 Å². The molecule has 4 aliphatic heterocycles. The number of aliphatic imine (C=N–C) groups is 4. The van der Waals surface area contributed by atoms with Crippen molar-refractivity contribution in [2.45, 2.75) is 26.9 Å². The maximum atomic E-state index is 8.49. The number of rotatable bonds is 4. The topological polar surface area (TPSA) is 550 Å². The van der Waals surface area contributed by atoms with Crippen LogP contribution < -0.4 is 74.5 Å². The third kappa shape index (κ3) is 59.9. The Bertz CT molecular complexity index is 1880. The number of hydrogen-bond acceptors (Lipinski definition) is 30. The van der Waals surface area contributed by atoms with Crippen molar-refractivity contribution in [3.8, 4) is 12.1 Å². The number of nitriles is 2. The fourth-order valence-corrected chi connectivity index (χ4v) is 4.39. The molecule has 4 aliphatic rings. The molecule has 0 spiro atoms. The largest absolute Gasteiger partial charge is 2.00 e. The molecule has 402 valence electrons. The molecule has 4 aromatic rings. The smallest absolute Gasteiger partial charge is 0.294 e. The zero-order valence-corrected chi connectivity index (χ0v) is 42.1. The van der Waals surface area contributed by atoms with Crippen LogP contribution in [0.4, 0.5) is 0 Å². The van der Waals surface area contributed by atoms with Gasteiger partial charge in [-0.15, -0.1) is 61.4 Å². The summed E-state index contributed by atoms with van der Waals surface area (Å²) in [6, 6.07) is 23.0. The van der Waals surface area contributed by atoms with Gasteiger partial charge >= 0.3 is 34.1 Å². The number of hydrogen-bond donors (Lipinski definition) is 0. The summed E-state index contributed by atoms with van der Waals surface area (Å²) < 4.78 is 136. The summed E-state index contributed by atoms with van der Waals surface area (Å²) in [6.45, 7) is 9.78. The molecule has 30 nitrogen and oxygen atoms in total. The predicted molar refractivity (Wildman–Crippen MR) is 196 cm³/mol. The number of nitrogens with zero attached hydrogens (tertiary/aromatic N) is 14. The Labute approximate surface area is 441 Å². The third-order valence-corrected chi connectivity index (χ3v) is 6.71. The molecule has 0 saturated heterocycles. The first-order chi connectivity index (χ1) is 32.6. The van der Waals surface area contributed by atoms with Gasteiger partial charge in [0, 0.05) is 90.4 Å². The second-order valence-corrected chi connectivity index (χ2v) is 15.1. The standard InChI is InChI=1S/C32H36N12.2C2H3N.4ClHO4.2Cu/c1-3-11-37-31(5-1)25-43-17-13-33-21-27-7-9-29(41-39-27)23-35-15-19-44(26-32-6-2-4-12-38-32)20-16-36-24-30-10-8-28(40-42-30)22-34-14-18-43;2*1-2-3;4*2-1(3,4)5;;/h1-12,21-24H,13-20,25-26H2;2*1H3;4*(H,2,3,4,5);;/q;;;;;;;2*+2/p-4. The van der Waals surface area contributed by atoms with Gasteiger partial charge in [0.25, 0.3) is 0 Å². The van der Waals surface area contributed by atoms with Gasteiger partial charge in [-0.2, -0.15) is 10.5 Å². The van der Waals surface area contributed by atoms with Gasteiger partial charge in [0.1, 0.15) is 22.8 Å². The minimum absolute atomic E-state index is 0. The first-order valence-electron chi connectivity index (χ1n) is 18.6. The summed E-state index contributed by atoms with van der Waals surface area (Å²) in [5.74, 6) is 0. The van der Waals surface area contributed by atoms with Crippen LogP contribution in [-0.4, -0.2) is 117 Å². The van der Waals surface area contributed by atoms with E-state index in [-0.39, 0.29) is 34.1 Å². The van der Waals surface area contributed by atoms with Gasteiger partial charge in [0.15, 0.2) is 0 Å². The molecule has 72 heavy (non-hydrogen) atoms. The quantitative estimate of drug-likeness (QED) is 0.171. The second-order valence-electron chi connectivity index (χ2n) is 12.1. The van der Waals surface area contributed by atoms with E-state index >= 15 is 0 Å². The number of halogens is 4. The second kappa shape index (κ2) is 43.0. The van der Waals surface area contributed by atoms with Gasteiger partial charge in [-0.3, -0.25) is 39.7 Å². The molecular formula is C36H42Cl4Cu2N14O16. The zero-order valence-electron chi connectivity index (χ0n) is 37.2. The normalized spacial score (nSPS) is 13.3. The Kier molecular flexibility index (Phi) is 44.3. The van der Waals surface area contributed by atoms with E-state index in [1.807, 2.05) is 73.1 Å². The molecule has 0 N–H and O–H groups in total. The average molecular weight is 1200 g/mol. The average Bonchev–Trinajstić information content (AvgIpc) is 3.23. The Morgan fingerprint density at radius 3 is 0.792 bits per heavy atom. The van der Waals surface area contributed by atoms with Gasteiger partial charge in [-0.1, -0.05) is 12.1 Å². The van der Waals surface area contributed by atoms with Gasteiger partial charge < -0.3 is 0 Å². The van der Waals surface area contributed by atoms with E-state index in [1.54, 1.807) is 37.0 Å². The summed E-state index contributed by atoms with van der Waals surface area (Å²) in [5, 5.41) is 31.8. The molecule has 8 rings (SSSR count). The molecule has 0 amide bonds. The Balaban J connectivity index is -0.000000684. The molecule has 0 saturated carbocycles. The fourth-order valence-electron chi connectivity index (χ4n) is 4.39. The number of pyridine rings is 2. The first-order valence-corrected chi connectivity index (χ1v) is 23.6. The molecule has 0 atom stereocenters. The third-order valence-electron chi connectivity index (χ3n) is 6.71. The monoisotopic (exact) mass is 1190 g/mol. The summed E-state index contributed by atoms with van der Waals surface area (Å²) >= 11 is 0. The van der Waals surface area contributed by atoms with Crippen LogP contribution in [0.15, 0.2) is 93.0 Å². The van der Waals surface area contributed by atoms with Gasteiger partial charge in [-0.25, -0.2) is 74.5 Å². The molecule has 8 heterocycles. The van der Waals surface area contributed by atoms with Crippen molar-refractivity contribution in [2.24, 2.45) is 20.0 Å². The van der Waals surface area contributed by atoms with Crippen molar-refractivity contribution in [1.82, 2.24) is 40.2 Å². The van der Waals surface area contributed by atoms with Crippen molar-refractivity contribution in [1.29, 1.82) is 10.5 Å². The molecule has 0 aliphatic carbocycles. The molecule has 2 radical (unpaired) electrons. The predicted octanol–water partition coefficient (Wildman–Crippen LogP) is -15.5. The number of aromatic nitrogens is 6. The molecule has 0 aromatic carbocycles. The molecule has 0 unspecified atom stereocenters. The maximum Gasteiger partial charge on any atom is 2.00 e. The molecule has 36 heteroatoms. The minimum Gasteiger partial charge on any atom is -0.294 e. The summed E-state index contributed by atoms with van der Waals surface area (Å²) in [5.41, 5.74) is 4.84. The zero-order chi connectivity index (χ0) is 53.5. The molecule has 4 bridgehead atoms. The van der Waals surface area contributed by atoms with Crippen molar-refractivity contribution in [3.63, 3.8) is 0 Å². The van der Waals surface area contributed by atoms with Crippen molar-refractivity contribution in [2.75, 3.05) is 52.4 Å². The van der Waals surface area contributed by atoms with Crippen LogP contribution >= 0.6 is 0 Å².